The molecule has 0 spiro atoms. The van der Waals surface area contributed by atoms with Gasteiger partial charge in [-0.1, -0.05) is 62.9 Å². The van der Waals surface area contributed by atoms with Crippen molar-refractivity contribution >= 4 is 50.0 Å². The lowest BCUT2D eigenvalue weighted by Crippen LogP contribution is -2.32. The van der Waals surface area contributed by atoms with E-state index in [4.69, 9.17) is 9.26 Å². The van der Waals surface area contributed by atoms with Gasteiger partial charge in [0.15, 0.2) is 5.12 Å². The number of carbonyl (C=O) groups is 2. The first kappa shape index (κ1) is 25.6. The Hall–Kier alpha value is -0.410. The number of carbonyl (C=O) groups excluding carboxylic acids is 2. The fourth-order valence-electron chi connectivity index (χ4n) is 1.94. The van der Waals surface area contributed by atoms with Gasteiger partial charge in [-0.3, -0.25) is 14.2 Å². The van der Waals surface area contributed by atoms with Gasteiger partial charge in [-0.15, -0.1) is 0 Å². The Morgan fingerprint density at radius 2 is 1.86 bits per heavy atom. The summed E-state index contributed by atoms with van der Waals surface area (Å²) in [6.45, 7) is 7.75. The van der Waals surface area contributed by atoms with E-state index in [0.29, 0.717) is 18.8 Å². The van der Waals surface area contributed by atoms with Crippen molar-refractivity contribution in [3.63, 3.8) is 0 Å². The van der Waals surface area contributed by atoms with E-state index in [1.807, 2.05) is 51.1 Å². The van der Waals surface area contributed by atoms with Crippen LogP contribution in [0.1, 0.15) is 46.1 Å². The summed E-state index contributed by atoms with van der Waals surface area (Å²) >= 11 is 3.02. The standard InChI is InChI=1S/C19H29INO5PS/c1-15(17(22)25-14-16-10-6-5-7-11-16)21-27(20,24)26-12-8-9-13-28-18(23)19(2,3)4/h5-7,10-11,15H,8-9,12-14H2,1-4H3,(H,21,24)/t15-,27?/m0/s1. The van der Waals surface area contributed by atoms with Crippen LogP contribution in [0.3, 0.4) is 0 Å². The van der Waals surface area contributed by atoms with E-state index in [1.165, 1.54) is 11.8 Å². The third kappa shape index (κ3) is 11.0. The van der Waals surface area contributed by atoms with Crippen molar-refractivity contribution in [2.75, 3.05) is 12.4 Å². The first-order chi connectivity index (χ1) is 13.0. The highest BCUT2D eigenvalue weighted by Crippen LogP contribution is 2.52. The third-order valence-corrected chi connectivity index (χ3v) is 7.82. The number of hydrogen-bond acceptors (Lipinski definition) is 6. The summed E-state index contributed by atoms with van der Waals surface area (Å²) in [5.41, 5.74) is 0.550. The molecular formula is C19H29INO5PS. The highest BCUT2D eigenvalue weighted by Gasteiger charge is 2.26. The number of esters is 1. The molecule has 158 valence electrons. The second kappa shape index (κ2) is 12.3. The maximum atomic E-state index is 12.5. The van der Waals surface area contributed by atoms with Gasteiger partial charge in [0.25, 0.3) is 0 Å². The zero-order valence-electron chi connectivity index (χ0n) is 16.8. The van der Waals surface area contributed by atoms with Crippen LogP contribution in [0, 0.1) is 5.41 Å². The maximum Gasteiger partial charge on any atom is 0.328 e. The molecule has 28 heavy (non-hydrogen) atoms. The van der Waals surface area contributed by atoms with Gasteiger partial charge in [0, 0.05) is 33.2 Å². The second-order valence-electron chi connectivity index (χ2n) is 7.35. The number of hydrogen-bond donors (Lipinski definition) is 1. The maximum absolute atomic E-state index is 12.5. The molecule has 1 unspecified atom stereocenters. The molecule has 0 aliphatic heterocycles. The number of unbranched alkanes of at least 4 members (excludes halogenated alkanes) is 1. The molecule has 1 aromatic rings. The average Bonchev–Trinajstić information content (AvgIpc) is 2.61. The highest BCUT2D eigenvalue weighted by molar-refractivity contribution is 14.2. The van der Waals surface area contributed by atoms with Crippen LogP contribution in [-0.2, 0) is 30.0 Å². The highest BCUT2D eigenvalue weighted by atomic mass is 127. The fraction of sp³-hybridized carbons (Fsp3) is 0.579. The monoisotopic (exact) mass is 541 g/mol. The van der Waals surface area contributed by atoms with Crippen molar-refractivity contribution < 1.29 is 23.4 Å². The van der Waals surface area contributed by atoms with E-state index in [2.05, 4.69) is 5.09 Å². The van der Waals surface area contributed by atoms with E-state index >= 15 is 0 Å². The molecule has 2 atom stereocenters. The Kier molecular flexibility index (Phi) is 11.3. The lowest BCUT2D eigenvalue weighted by Gasteiger charge is -2.18. The van der Waals surface area contributed by atoms with Crippen molar-refractivity contribution in [2.45, 2.75) is 53.2 Å². The molecule has 0 bridgehead atoms. The zero-order valence-corrected chi connectivity index (χ0v) is 20.6. The number of ether oxygens (including phenoxy) is 1. The summed E-state index contributed by atoms with van der Waals surface area (Å²) in [5, 5.41) is -0.275. The predicted octanol–water partition coefficient (Wildman–Crippen LogP) is 5.35. The molecule has 0 saturated heterocycles. The van der Waals surface area contributed by atoms with Gasteiger partial charge in [-0.2, -0.15) is 0 Å². The van der Waals surface area contributed by atoms with E-state index in [0.717, 1.165) is 12.0 Å². The van der Waals surface area contributed by atoms with Gasteiger partial charge in [0.05, 0.1) is 6.61 Å². The van der Waals surface area contributed by atoms with Gasteiger partial charge in [-0.25, -0.2) is 5.09 Å². The predicted molar refractivity (Wildman–Crippen MR) is 123 cm³/mol. The molecule has 0 amide bonds. The van der Waals surface area contributed by atoms with E-state index in [9.17, 15) is 14.2 Å². The second-order valence-corrected chi connectivity index (χ2v) is 13.7. The number of thioether (sulfide) groups is 1. The van der Waals surface area contributed by atoms with Crippen LogP contribution >= 0.6 is 39.0 Å². The molecule has 0 radical (unpaired) electrons. The summed E-state index contributed by atoms with van der Waals surface area (Å²) < 4.78 is 23.1. The molecule has 0 saturated carbocycles. The minimum Gasteiger partial charge on any atom is -0.460 e. The van der Waals surface area contributed by atoms with Crippen LogP contribution in [0.4, 0.5) is 0 Å². The van der Waals surface area contributed by atoms with Crippen LogP contribution in [-0.4, -0.2) is 29.5 Å². The van der Waals surface area contributed by atoms with Crippen molar-refractivity contribution in [3.8, 4) is 0 Å². The summed E-state index contributed by atoms with van der Waals surface area (Å²) in [5.74, 6) is 0.224. The van der Waals surface area contributed by atoms with Crippen molar-refractivity contribution in [1.82, 2.24) is 5.09 Å². The van der Waals surface area contributed by atoms with Crippen molar-refractivity contribution in [2.24, 2.45) is 5.41 Å². The Morgan fingerprint density at radius 3 is 2.46 bits per heavy atom. The topological polar surface area (TPSA) is 81.7 Å². The molecule has 0 aliphatic carbocycles. The molecule has 0 heterocycles. The Morgan fingerprint density at radius 1 is 1.21 bits per heavy atom. The number of benzene rings is 1. The van der Waals surface area contributed by atoms with E-state index in [1.54, 1.807) is 29.0 Å². The Labute approximate surface area is 184 Å². The van der Waals surface area contributed by atoms with E-state index in [-0.39, 0.29) is 17.1 Å². The molecule has 1 rings (SSSR count). The largest absolute Gasteiger partial charge is 0.460 e. The third-order valence-electron chi connectivity index (χ3n) is 3.57. The molecule has 6 nitrogen and oxygen atoms in total. The van der Waals surface area contributed by atoms with Crippen LogP contribution in [0.15, 0.2) is 30.3 Å². The van der Waals surface area contributed by atoms with E-state index < -0.39 is 17.2 Å². The van der Waals surface area contributed by atoms with Crippen LogP contribution < -0.4 is 5.09 Å². The molecule has 9 heteroatoms. The van der Waals surface area contributed by atoms with Crippen LogP contribution in [0.25, 0.3) is 0 Å². The van der Waals surface area contributed by atoms with Crippen LogP contribution in [0.5, 0.6) is 0 Å². The summed E-state index contributed by atoms with van der Waals surface area (Å²) in [7, 11) is 0. The minimum absolute atomic E-state index is 0.164. The van der Waals surface area contributed by atoms with Gasteiger partial charge >= 0.3 is 11.1 Å². The fourth-order valence-corrected chi connectivity index (χ4v) is 5.76. The minimum atomic E-state index is -3.15. The number of rotatable bonds is 11. The van der Waals surface area contributed by atoms with Crippen molar-refractivity contribution in [3.05, 3.63) is 35.9 Å². The SMILES string of the molecule is C[C@H](NP(=O)(I)OCCCCSC(=O)C(C)(C)C)C(=O)OCc1ccccc1. The van der Waals surface area contributed by atoms with Gasteiger partial charge in [-0.05, 0) is 25.3 Å². The quantitative estimate of drug-likeness (QED) is 0.175. The molecule has 1 aromatic carbocycles. The first-order valence-electron chi connectivity index (χ1n) is 9.11. The molecule has 0 aliphatic rings. The molecule has 0 fully saturated rings. The lowest BCUT2D eigenvalue weighted by atomic mass is 10.00. The van der Waals surface area contributed by atoms with Gasteiger partial charge in [0.1, 0.15) is 12.6 Å². The van der Waals surface area contributed by atoms with Crippen LogP contribution in [0.2, 0.25) is 0 Å². The first-order valence-corrected chi connectivity index (χ1v) is 14.5. The molecular weight excluding hydrogens is 512 g/mol. The van der Waals surface area contributed by atoms with Gasteiger partial charge in [0.2, 0.25) is 0 Å². The summed E-state index contributed by atoms with van der Waals surface area (Å²) in [6.07, 6.45) is 1.48. The zero-order chi connectivity index (χ0) is 21.2. The Bertz CT molecular complexity index is 681. The number of halogens is 1. The number of nitrogens with one attached hydrogen (secondary N) is 1. The summed E-state index contributed by atoms with van der Waals surface area (Å²) in [6, 6.07) is 8.62. The summed E-state index contributed by atoms with van der Waals surface area (Å²) in [4.78, 5) is 23.9. The molecule has 1 N–H and O–H groups in total. The lowest BCUT2D eigenvalue weighted by molar-refractivity contribution is -0.146. The molecule has 0 aromatic heterocycles. The smallest absolute Gasteiger partial charge is 0.328 e. The Balaban J connectivity index is 2.24. The van der Waals surface area contributed by atoms with Gasteiger partial charge < -0.3 is 9.26 Å². The average molecular weight is 541 g/mol. The normalized spacial score (nSPS) is 14.9. The van der Waals surface area contributed by atoms with Crippen molar-refractivity contribution in [1.29, 1.82) is 0 Å².